The van der Waals surface area contributed by atoms with Crippen molar-refractivity contribution < 1.29 is 4.39 Å². The van der Waals surface area contributed by atoms with Crippen molar-refractivity contribution in [2.24, 2.45) is 5.73 Å². The average Bonchev–Trinajstić information content (AvgIpc) is 2.96. The second kappa shape index (κ2) is 4.94. The zero-order valence-corrected chi connectivity index (χ0v) is 11.7. The van der Waals surface area contributed by atoms with Crippen LogP contribution < -0.4 is 11.3 Å². The summed E-state index contributed by atoms with van der Waals surface area (Å²) in [6.45, 7) is 1.70. The van der Waals surface area contributed by atoms with Crippen LogP contribution in [0.4, 0.5) is 4.39 Å². The summed E-state index contributed by atoms with van der Waals surface area (Å²) in [6.07, 6.45) is 2.97. The monoisotopic (exact) mass is 307 g/mol. The molecule has 1 aromatic carbocycles. The van der Waals surface area contributed by atoms with E-state index < -0.39 is 17.4 Å². The van der Waals surface area contributed by atoms with Crippen LogP contribution in [0.5, 0.6) is 0 Å². The largest absolute Gasteiger partial charge is 0.322 e. The fourth-order valence-electron chi connectivity index (χ4n) is 2.15. The summed E-state index contributed by atoms with van der Waals surface area (Å²) in [5.41, 5.74) is 6.17. The molecule has 0 radical (unpaired) electrons. The van der Waals surface area contributed by atoms with Crippen molar-refractivity contribution in [3.63, 3.8) is 0 Å². The standard InChI is InChI=1S/C13H11ClFN5O/c1-6(16)12-19-9-3-2-8(15)11(14)10(9)13(21)20(12)7-4-17-18-5-7/h2-6H,16H2,1H3,(H,17,18). The molecule has 2 aromatic heterocycles. The normalized spacial score (nSPS) is 12.8. The number of aromatic nitrogens is 4. The quantitative estimate of drug-likeness (QED) is 0.757. The number of nitrogens with two attached hydrogens (primary N) is 1. The van der Waals surface area contributed by atoms with Crippen LogP contribution in [-0.2, 0) is 0 Å². The molecule has 2 heterocycles. The minimum absolute atomic E-state index is 0.0160. The highest BCUT2D eigenvalue weighted by Crippen LogP contribution is 2.24. The Morgan fingerprint density at radius 2 is 2.24 bits per heavy atom. The number of hydrogen-bond donors (Lipinski definition) is 2. The Morgan fingerprint density at radius 3 is 2.86 bits per heavy atom. The second-order valence-corrected chi connectivity index (χ2v) is 4.99. The van der Waals surface area contributed by atoms with Gasteiger partial charge in [-0.1, -0.05) is 11.6 Å². The Hall–Kier alpha value is -2.25. The van der Waals surface area contributed by atoms with Crippen molar-refractivity contribution in [3.8, 4) is 5.69 Å². The van der Waals surface area contributed by atoms with Gasteiger partial charge in [-0.25, -0.2) is 9.37 Å². The first-order valence-corrected chi connectivity index (χ1v) is 6.54. The molecule has 6 nitrogen and oxygen atoms in total. The molecule has 108 valence electrons. The topological polar surface area (TPSA) is 89.6 Å². The van der Waals surface area contributed by atoms with Crippen molar-refractivity contribution in [1.29, 1.82) is 0 Å². The maximum Gasteiger partial charge on any atom is 0.267 e. The molecule has 0 aliphatic rings. The van der Waals surface area contributed by atoms with E-state index in [4.69, 9.17) is 17.3 Å². The SMILES string of the molecule is CC(N)c1nc2ccc(F)c(Cl)c2c(=O)n1-c1cn[nH]c1. The van der Waals surface area contributed by atoms with Gasteiger partial charge in [0, 0.05) is 6.20 Å². The predicted molar refractivity (Wildman–Crippen MR) is 77.1 cm³/mol. The Morgan fingerprint density at radius 1 is 1.48 bits per heavy atom. The van der Waals surface area contributed by atoms with E-state index in [1.807, 2.05) is 0 Å². The lowest BCUT2D eigenvalue weighted by Gasteiger charge is -2.14. The number of nitrogens with one attached hydrogen (secondary N) is 1. The highest BCUT2D eigenvalue weighted by atomic mass is 35.5. The smallest absolute Gasteiger partial charge is 0.267 e. The first kappa shape index (κ1) is 13.7. The van der Waals surface area contributed by atoms with Crippen LogP contribution in [0.2, 0.25) is 5.02 Å². The lowest BCUT2D eigenvalue weighted by Crippen LogP contribution is -2.27. The van der Waals surface area contributed by atoms with Gasteiger partial charge in [-0.05, 0) is 19.1 Å². The molecule has 0 spiro atoms. The van der Waals surface area contributed by atoms with Gasteiger partial charge in [0.05, 0.1) is 33.9 Å². The molecular formula is C13H11ClFN5O. The van der Waals surface area contributed by atoms with Gasteiger partial charge in [-0.2, -0.15) is 5.10 Å². The third-order valence-electron chi connectivity index (χ3n) is 3.10. The molecule has 0 bridgehead atoms. The number of aromatic amines is 1. The molecule has 0 saturated heterocycles. The van der Waals surface area contributed by atoms with Gasteiger partial charge < -0.3 is 5.73 Å². The molecule has 3 N–H and O–H groups in total. The summed E-state index contributed by atoms with van der Waals surface area (Å²) in [5.74, 6) is -0.327. The molecule has 3 aromatic rings. The maximum atomic E-state index is 13.6. The van der Waals surface area contributed by atoms with Gasteiger partial charge in [0.1, 0.15) is 11.6 Å². The molecule has 0 aliphatic carbocycles. The average molecular weight is 308 g/mol. The maximum absolute atomic E-state index is 13.6. The molecule has 0 fully saturated rings. The van der Waals surface area contributed by atoms with E-state index in [9.17, 15) is 9.18 Å². The van der Waals surface area contributed by atoms with Gasteiger partial charge in [-0.15, -0.1) is 0 Å². The Kier molecular flexibility index (Phi) is 3.23. The van der Waals surface area contributed by atoms with E-state index in [1.165, 1.54) is 29.1 Å². The summed E-state index contributed by atoms with van der Waals surface area (Å²) in [7, 11) is 0. The van der Waals surface area contributed by atoms with Crippen LogP contribution in [0.25, 0.3) is 16.6 Å². The highest BCUT2D eigenvalue weighted by Gasteiger charge is 2.19. The summed E-state index contributed by atoms with van der Waals surface area (Å²) in [4.78, 5) is 17.0. The number of fused-ring (bicyclic) bond motifs is 1. The van der Waals surface area contributed by atoms with Crippen LogP contribution in [0.15, 0.2) is 29.3 Å². The number of rotatable bonds is 2. The third-order valence-corrected chi connectivity index (χ3v) is 3.47. The Bertz CT molecular complexity index is 872. The van der Waals surface area contributed by atoms with Crippen molar-refractivity contribution in [2.75, 3.05) is 0 Å². The second-order valence-electron chi connectivity index (χ2n) is 4.61. The summed E-state index contributed by atoms with van der Waals surface area (Å²) >= 11 is 5.91. The minimum Gasteiger partial charge on any atom is -0.322 e. The Labute approximate surface area is 123 Å². The first-order chi connectivity index (χ1) is 10.0. The highest BCUT2D eigenvalue weighted by molar-refractivity contribution is 6.35. The molecule has 0 amide bonds. The molecular weight excluding hydrogens is 297 g/mol. The number of benzene rings is 1. The summed E-state index contributed by atoms with van der Waals surface area (Å²) < 4.78 is 14.9. The van der Waals surface area contributed by atoms with E-state index in [1.54, 1.807) is 6.92 Å². The molecule has 8 heteroatoms. The van der Waals surface area contributed by atoms with Gasteiger partial charge in [0.2, 0.25) is 0 Å². The van der Waals surface area contributed by atoms with Crippen LogP contribution >= 0.6 is 11.6 Å². The van der Waals surface area contributed by atoms with E-state index >= 15 is 0 Å². The Balaban J connectivity index is 2.50. The molecule has 1 unspecified atom stereocenters. The van der Waals surface area contributed by atoms with E-state index in [0.717, 1.165) is 0 Å². The van der Waals surface area contributed by atoms with Gasteiger partial charge in [0.25, 0.3) is 5.56 Å². The first-order valence-electron chi connectivity index (χ1n) is 6.16. The van der Waals surface area contributed by atoms with Crippen molar-refractivity contribution in [2.45, 2.75) is 13.0 Å². The van der Waals surface area contributed by atoms with Gasteiger partial charge in [-0.3, -0.25) is 14.5 Å². The number of halogens is 2. The van der Waals surface area contributed by atoms with Gasteiger partial charge in [0.15, 0.2) is 0 Å². The minimum atomic E-state index is -0.671. The lowest BCUT2D eigenvalue weighted by atomic mass is 10.2. The van der Waals surface area contributed by atoms with Gasteiger partial charge >= 0.3 is 0 Å². The summed E-state index contributed by atoms with van der Waals surface area (Å²) in [6, 6.07) is 2.08. The third kappa shape index (κ3) is 2.10. The molecule has 0 aliphatic heterocycles. The molecule has 3 rings (SSSR count). The molecule has 0 saturated carbocycles. The predicted octanol–water partition coefficient (Wildman–Crippen LogP) is 1.92. The molecule has 1 atom stereocenters. The zero-order chi connectivity index (χ0) is 15.1. The van der Waals surface area contributed by atoms with E-state index in [0.29, 0.717) is 17.0 Å². The van der Waals surface area contributed by atoms with Crippen LogP contribution in [-0.4, -0.2) is 19.7 Å². The fourth-order valence-corrected chi connectivity index (χ4v) is 2.39. The van der Waals surface area contributed by atoms with Crippen LogP contribution in [0.3, 0.4) is 0 Å². The number of H-pyrrole nitrogens is 1. The van der Waals surface area contributed by atoms with E-state index in [2.05, 4.69) is 15.2 Å². The fraction of sp³-hybridized carbons (Fsp3) is 0.154. The van der Waals surface area contributed by atoms with Crippen LogP contribution in [0, 0.1) is 5.82 Å². The lowest BCUT2D eigenvalue weighted by molar-refractivity contribution is 0.629. The van der Waals surface area contributed by atoms with Crippen LogP contribution in [0.1, 0.15) is 18.8 Å². The van der Waals surface area contributed by atoms with Crippen molar-refractivity contribution in [3.05, 3.63) is 51.5 Å². The van der Waals surface area contributed by atoms with E-state index in [-0.39, 0.29) is 10.4 Å². The van der Waals surface area contributed by atoms with Crippen molar-refractivity contribution >= 4 is 22.5 Å². The number of hydrogen-bond acceptors (Lipinski definition) is 4. The zero-order valence-electron chi connectivity index (χ0n) is 11.0. The number of nitrogens with zero attached hydrogens (tertiary/aromatic N) is 3. The van der Waals surface area contributed by atoms with Crippen molar-refractivity contribution in [1.82, 2.24) is 19.7 Å². The summed E-state index contributed by atoms with van der Waals surface area (Å²) in [5, 5.41) is 6.17. The molecule has 21 heavy (non-hydrogen) atoms.